The smallest absolute Gasteiger partial charge is 0.282 e. The Hall–Kier alpha value is -1.66. The third kappa shape index (κ3) is 3.26. The van der Waals surface area contributed by atoms with Gasteiger partial charge in [0.15, 0.2) is 0 Å². The first-order chi connectivity index (χ1) is 9.49. The Kier molecular flexibility index (Phi) is 4.57. The summed E-state index contributed by atoms with van der Waals surface area (Å²) >= 11 is 5.79. The van der Waals surface area contributed by atoms with E-state index in [2.05, 4.69) is 5.32 Å². The summed E-state index contributed by atoms with van der Waals surface area (Å²) in [7, 11) is 0. The Bertz CT molecular complexity index is 535. The lowest BCUT2D eigenvalue weighted by molar-refractivity contribution is -0.385. The Balaban J connectivity index is 2.08. The Labute approximate surface area is 121 Å². The van der Waals surface area contributed by atoms with Crippen molar-refractivity contribution >= 4 is 23.2 Å². The summed E-state index contributed by atoms with van der Waals surface area (Å²) in [5.41, 5.74) is -0.267. The molecular formula is C13H15ClN2O4. The lowest BCUT2D eigenvalue weighted by Gasteiger charge is -2.14. The van der Waals surface area contributed by atoms with E-state index in [0.29, 0.717) is 18.2 Å². The van der Waals surface area contributed by atoms with Gasteiger partial charge in [0.2, 0.25) is 0 Å². The van der Waals surface area contributed by atoms with Gasteiger partial charge in [0, 0.05) is 30.2 Å². The molecule has 2 unspecified atom stereocenters. The van der Waals surface area contributed by atoms with E-state index in [0.717, 1.165) is 6.42 Å². The molecule has 1 fully saturated rings. The van der Waals surface area contributed by atoms with Crippen LogP contribution in [0.2, 0.25) is 5.02 Å². The molecule has 0 bridgehead atoms. The van der Waals surface area contributed by atoms with Crippen molar-refractivity contribution in [2.24, 2.45) is 5.92 Å². The number of halogens is 1. The fraction of sp³-hybridized carbons (Fsp3) is 0.462. The van der Waals surface area contributed by atoms with Crippen LogP contribution in [-0.2, 0) is 4.74 Å². The number of hydrogen-bond acceptors (Lipinski definition) is 4. The number of rotatable bonds is 4. The Morgan fingerprint density at radius 3 is 2.95 bits per heavy atom. The van der Waals surface area contributed by atoms with E-state index in [1.54, 1.807) is 0 Å². The molecule has 1 saturated heterocycles. The van der Waals surface area contributed by atoms with Crippen LogP contribution in [-0.4, -0.2) is 30.1 Å². The summed E-state index contributed by atoms with van der Waals surface area (Å²) in [6.45, 7) is 3.06. The average Bonchev–Trinajstić information content (AvgIpc) is 2.81. The van der Waals surface area contributed by atoms with Gasteiger partial charge in [-0.1, -0.05) is 11.6 Å². The number of ether oxygens (including phenoxy) is 1. The number of nitro groups is 1. The minimum absolute atomic E-state index is 0.0194. The molecule has 0 spiro atoms. The first kappa shape index (κ1) is 14.7. The monoisotopic (exact) mass is 298 g/mol. The largest absolute Gasteiger partial charge is 0.378 e. The summed E-state index contributed by atoms with van der Waals surface area (Å²) in [5.74, 6) is -0.254. The summed E-state index contributed by atoms with van der Waals surface area (Å²) in [5, 5.41) is 13.9. The lowest BCUT2D eigenvalue weighted by atomic mass is 10.0. The minimum Gasteiger partial charge on any atom is -0.378 e. The summed E-state index contributed by atoms with van der Waals surface area (Å²) in [4.78, 5) is 22.4. The molecule has 6 nitrogen and oxygen atoms in total. The number of nitrogens with one attached hydrogen (secondary N) is 1. The molecular weight excluding hydrogens is 284 g/mol. The highest BCUT2D eigenvalue weighted by molar-refractivity contribution is 6.31. The molecule has 2 rings (SSSR count). The molecule has 0 saturated carbocycles. The van der Waals surface area contributed by atoms with Crippen LogP contribution in [0.5, 0.6) is 0 Å². The third-order valence-corrected chi connectivity index (χ3v) is 3.69. The predicted octanol–water partition coefficient (Wildman–Crippen LogP) is 2.40. The van der Waals surface area contributed by atoms with Gasteiger partial charge in [-0.2, -0.15) is 0 Å². The number of amides is 1. The second-order valence-corrected chi connectivity index (χ2v) is 5.19. The van der Waals surface area contributed by atoms with Gasteiger partial charge in [-0.25, -0.2) is 0 Å². The van der Waals surface area contributed by atoms with Crippen LogP contribution in [0, 0.1) is 16.0 Å². The predicted molar refractivity (Wildman–Crippen MR) is 74.0 cm³/mol. The number of carbonyl (C=O) groups is 1. The molecule has 0 radical (unpaired) electrons. The molecule has 1 N–H and O–H groups in total. The molecule has 1 amide bonds. The van der Waals surface area contributed by atoms with E-state index >= 15 is 0 Å². The maximum atomic E-state index is 12.1. The van der Waals surface area contributed by atoms with Gasteiger partial charge in [0.1, 0.15) is 5.56 Å². The van der Waals surface area contributed by atoms with Crippen LogP contribution >= 0.6 is 11.6 Å². The van der Waals surface area contributed by atoms with Crippen LogP contribution in [0.1, 0.15) is 23.7 Å². The summed E-state index contributed by atoms with van der Waals surface area (Å²) in [6, 6.07) is 3.94. The number of hydrogen-bond donors (Lipinski definition) is 1. The molecule has 7 heteroatoms. The highest BCUT2D eigenvalue weighted by Crippen LogP contribution is 2.23. The molecule has 1 aliphatic rings. The molecule has 0 aromatic heterocycles. The van der Waals surface area contributed by atoms with E-state index in [1.165, 1.54) is 18.2 Å². The molecule has 0 aliphatic carbocycles. The number of carbonyl (C=O) groups excluding carboxylic acids is 1. The van der Waals surface area contributed by atoms with Crippen molar-refractivity contribution in [1.82, 2.24) is 5.32 Å². The highest BCUT2D eigenvalue weighted by Gasteiger charge is 2.26. The van der Waals surface area contributed by atoms with E-state index in [9.17, 15) is 14.9 Å². The fourth-order valence-corrected chi connectivity index (χ4v) is 2.38. The van der Waals surface area contributed by atoms with Crippen molar-refractivity contribution in [2.45, 2.75) is 19.4 Å². The quantitative estimate of drug-likeness (QED) is 0.683. The topological polar surface area (TPSA) is 81.5 Å². The van der Waals surface area contributed by atoms with E-state index < -0.39 is 10.8 Å². The van der Waals surface area contributed by atoms with Crippen molar-refractivity contribution in [2.75, 3.05) is 13.2 Å². The van der Waals surface area contributed by atoms with Crippen molar-refractivity contribution in [3.63, 3.8) is 0 Å². The fourth-order valence-electron chi connectivity index (χ4n) is 2.21. The van der Waals surface area contributed by atoms with Gasteiger partial charge < -0.3 is 10.1 Å². The van der Waals surface area contributed by atoms with Crippen LogP contribution in [0.4, 0.5) is 5.69 Å². The number of nitrogens with zero attached hydrogens (tertiary/aromatic N) is 1. The zero-order valence-electron chi connectivity index (χ0n) is 11.0. The zero-order chi connectivity index (χ0) is 14.7. The van der Waals surface area contributed by atoms with Gasteiger partial charge >= 0.3 is 0 Å². The summed E-state index contributed by atoms with van der Waals surface area (Å²) in [6.07, 6.45) is 0.962. The van der Waals surface area contributed by atoms with Gasteiger partial charge in [-0.05, 0) is 25.5 Å². The molecule has 1 aromatic carbocycles. The van der Waals surface area contributed by atoms with E-state index in [4.69, 9.17) is 16.3 Å². The zero-order valence-corrected chi connectivity index (χ0v) is 11.7. The van der Waals surface area contributed by atoms with Gasteiger partial charge in [0.05, 0.1) is 11.0 Å². The standard InChI is InChI=1S/C13H15ClN2O4/c1-8-9(4-5-20-8)7-15-13(17)11-6-10(14)2-3-12(11)16(18)19/h2-3,6,8-9H,4-5,7H2,1H3,(H,15,17). The maximum Gasteiger partial charge on any atom is 0.282 e. The van der Waals surface area contributed by atoms with Gasteiger partial charge in [-0.3, -0.25) is 14.9 Å². The summed E-state index contributed by atoms with van der Waals surface area (Å²) < 4.78 is 5.40. The average molecular weight is 299 g/mol. The minimum atomic E-state index is -0.591. The number of benzene rings is 1. The Morgan fingerprint density at radius 2 is 2.35 bits per heavy atom. The molecule has 1 aliphatic heterocycles. The first-order valence-corrected chi connectivity index (χ1v) is 6.70. The van der Waals surface area contributed by atoms with Crippen LogP contribution < -0.4 is 5.32 Å². The second kappa shape index (κ2) is 6.19. The molecule has 2 atom stereocenters. The Morgan fingerprint density at radius 1 is 1.60 bits per heavy atom. The maximum absolute atomic E-state index is 12.1. The number of nitro benzene ring substituents is 1. The normalized spacial score (nSPS) is 21.7. The molecule has 108 valence electrons. The van der Waals surface area contributed by atoms with E-state index in [1.807, 2.05) is 6.92 Å². The highest BCUT2D eigenvalue weighted by atomic mass is 35.5. The molecule has 1 heterocycles. The third-order valence-electron chi connectivity index (χ3n) is 3.46. The van der Waals surface area contributed by atoms with Crippen molar-refractivity contribution in [3.05, 3.63) is 38.9 Å². The molecule has 20 heavy (non-hydrogen) atoms. The van der Waals surface area contributed by atoms with E-state index in [-0.39, 0.29) is 23.3 Å². The van der Waals surface area contributed by atoms with Crippen molar-refractivity contribution < 1.29 is 14.5 Å². The van der Waals surface area contributed by atoms with Crippen molar-refractivity contribution in [1.29, 1.82) is 0 Å². The lowest BCUT2D eigenvalue weighted by Crippen LogP contribution is -2.32. The SMILES string of the molecule is CC1OCCC1CNC(=O)c1cc(Cl)ccc1[N+](=O)[O-]. The van der Waals surface area contributed by atoms with Crippen LogP contribution in [0.3, 0.4) is 0 Å². The van der Waals surface area contributed by atoms with Crippen molar-refractivity contribution in [3.8, 4) is 0 Å². The second-order valence-electron chi connectivity index (χ2n) is 4.75. The first-order valence-electron chi connectivity index (χ1n) is 6.33. The molecule has 1 aromatic rings. The van der Waals surface area contributed by atoms with Crippen LogP contribution in [0.25, 0.3) is 0 Å². The van der Waals surface area contributed by atoms with Gasteiger partial charge in [0.25, 0.3) is 11.6 Å². The van der Waals surface area contributed by atoms with Crippen LogP contribution in [0.15, 0.2) is 18.2 Å². The van der Waals surface area contributed by atoms with Gasteiger partial charge in [-0.15, -0.1) is 0 Å².